The van der Waals surface area contributed by atoms with Crippen LogP contribution in [0, 0.1) is 20.8 Å². The van der Waals surface area contributed by atoms with Crippen LogP contribution in [0.15, 0.2) is 42.5 Å². The van der Waals surface area contributed by atoms with Gasteiger partial charge in [-0.05, 0) is 62.1 Å². The van der Waals surface area contributed by atoms with Crippen molar-refractivity contribution in [3.8, 4) is 11.5 Å². The summed E-state index contributed by atoms with van der Waals surface area (Å²) in [6.45, 7) is 8.87. The van der Waals surface area contributed by atoms with Crippen LogP contribution in [0.3, 0.4) is 0 Å². The van der Waals surface area contributed by atoms with Gasteiger partial charge in [-0.3, -0.25) is 4.79 Å². The number of nitrogens with one attached hydrogen (secondary N) is 1. The molecule has 0 fully saturated rings. The molecule has 0 radical (unpaired) electrons. The standard InChI is InChI=1S/C21H27NO3/c1-5-19(25-20-11-7-9-16(3)17(20)4)21(23)22-12-13-24-18-10-6-8-15(2)14-18/h6-11,14,19H,5,12-13H2,1-4H3,(H,22,23)/t19-/m0/s1. The number of carbonyl (C=O) groups excluding carboxylic acids is 1. The van der Waals surface area contributed by atoms with Gasteiger partial charge in [-0.15, -0.1) is 0 Å². The molecule has 134 valence electrons. The molecule has 2 rings (SSSR count). The molecule has 0 bridgehead atoms. The average molecular weight is 341 g/mol. The highest BCUT2D eigenvalue weighted by atomic mass is 16.5. The quantitative estimate of drug-likeness (QED) is 0.739. The second-order valence-electron chi connectivity index (χ2n) is 6.17. The minimum absolute atomic E-state index is 0.115. The summed E-state index contributed by atoms with van der Waals surface area (Å²) in [6, 6.07) is 13.7. The van der Waals surface area contributed by atoms with E-state index in [1.807, 2.05) is 70.2 Å². The third kappa shape index (κ3) is 5.52. The Balaban J connectivity index is 1.82. The molecule has 0 unspecified atom stereocenters. The van der Waals surface area contributed by atoms with E-state index >= 15 is 0 Å². The Hall–Kier alpha value is -2.49. The summed E-state index contributed by atoms with van der Waals surface area (Å²) in [5.74, 6) is 1.46. The van der Waals surface area contributed by atoms with Crippen molar-refractivity contribution in [3.63, 3.8) is 0 Å². The number of aryl methyl sites for hydroxylation is 2. The molecule has 0 aromatic heterocycles. The second kappa shape index (κ2) is 9.11. The molecule has 1 amide bonds. The van der Waals surface area contributed by atoms with E-state index in [1.165, 1.54) is 0 Å². The predicted molar refractivity (Wildman–Crippen MR) is 100 cm³/mol. The first-order chi connectivity index (χ1) is 12.0. The van der Waals surface area contributed by atoms with Gasteiger partial charge in [0.15, 0.2) is 6.10 Å². The maximum Gasteiger partial charge on any atom is 0.261 e. The zero-order valence-electron chi connectivity index (χ0n) is 15.5. The lowest BCUT2D eigenvalue weighted by atomic mass is 10.1. The predicted octanol–water partition coefficient (Wildman–Crippen LogP) is 3.96. The van der Waals surface area contributed by atoms with Gasteiger partial charge < -0.3 is 14.8 Å². The number of ether oxygens (including phenoxy) is 2. The SMILES string of the molecule is CC[C@H](Oc1cccc(C)c1C)C(=O)NCCOc1cccc(C)c1. The minimum Gasteiger partial charge on any atom is -0.492 e. The number of amides is 1. The fourth-order valence-electron chi connectivity index (χ4n) is 2.49. The van der Waals surface area contributed by atoms with Crippen molar-refractivity contribution < 1.29 is 14.3 Å². The maximum absolute atomic E-state index is 12.3. The van der Waals surface area contributed by atoms with Crippen LogP contribution in [0.1, 0.15) is 30.0 Å². The number of benzene rings is 2. The molecule has 4 heteroatoms. The molecule has 1 atom stereocenters. The first-order valence-electron chi connectivity index (χ1n) is 8.71. The molecule has 0 saturated heterocycles. The summed E-state index contributed by atoms with van der Waals surface area (Å²) in [5, 5.41) is 2.88. The van der Waals surface area contributed by atoms with Crippen molar-refractivity contribution >= 4 is 5.91 Å². The fourth-order valence-corrected chi connectivity index (χ4v) is 2.49. The highest BCUT2D eigenvalue weighted by Crippen LogP contribution is 2.22. The van der Waals surface area contributed by atoms with Gasteiger partial charge in [0.05, 0.1) is 6.54 Å². The lowest BCUT2D eigenvalue weighted by Crippen LogP contribution is -2.39. The van der Waals surface area contributed by atoms with Gasteiger partial charge in [-0.2, -0.15) is 0 Å². The van der Waals surface area contributed by atoms with Gasteiger partial charge in [0, 0.05) is 0 Å². The normalized spacial score (nSPS) is 11.7. The number of carbonyl (C=O) groups is 1. The van der Waals surface area contributed by atoms with E-state index in [1.54, 1.807) is 0 Å². The number of rotatable bonds is 8. The molecule has 0 aliphatic heterocycles. The zero-order chi connectivity index (χ0) is 18.2. The van der Waals surface area contributed by atoms with E-state index in [0.29, 0.717) is 19.6 Å². The molecule has 0 aliphatic carbocycles. The van der Waals surface area contributed by atoms with Crippen LogP contribution in [-0.4, -0.2) is 25.2 Å². The Bertz CT molecular complexity index is 712. The maximum atomic E-state index is 12.3. The molecular formula is C21H27NO3. The average Bonchev–Trinajstić information content (AvgIpc) is 2.60. The van der Waals surface area contributed by atoms with E-state index in [4.69, 9.17) is 9.47 Å². The summed E-state index contributed by atoms with van der Waals surface area (Å²) in [6.07, 6.45) is 0.109. The molecule has 0 saturated carbocycles. The first-order valence-corrected chi connectivity index (χ1v) is 8.71. The Kier molecular flexibility index (Phi) is 6.87. The largest absolute Gasteiger partial charge is 0.492 e. The van der Waals surface area contributed by atoms with E-state index in [0.717, 1.165) is 28.2 Å². The molecule has 0 aliphatic rings. The Labute approximate surface area is 150 Å². The molecular weight excluding hydrogens is 314 g/mol. The van der Waals surface area contributed by atoms with Crippen LogP contribution in [0.4, 0.5) is 0 Å². The molecule has 1 N–H and O–H groups in total. The Morgan fingerprint density at radius 1 is 1.12 bits per heavy atom. The van der Waals surface area contributed by atoms with Gasteiger partial charge in [0.2, 0.25) is 0 Å². The van der Waals surface area contributed by atoms with E-state index in [2.05, 4.69) is 5.32 Å². The van der Waals surface area contributed by atoms with Gasteiger partial charge in [0.25, 0.3) is 5.91 Å². The van der Waals surface area contributed by atoms with E-state index in [9.17, 15) is 4.79 Å². The van der Waals surface area contributed by atoms with Crippen molar-refractivity contribution in [2.45, 2.75) is 40.2 Å². The van der Waals surface area contributed by atoms with Crippen LogP contribution in [0.2, 0.25) is 0 Å². The summed E-state index contributed by atoms with van der Waals surface area (Å²) >= 11 is 0. The highest BCUT2D eigenvalue weighted by molar-refractivity contribution is 5.81. The number of hydrogen-bond donors (Lipinski definition) is 1. The number of hydrogen-bond acceptors (Lipinski definition) is 3. The Morgan fingerprint density at radius 2 is 1.88 bits per heavy atom. The van der Waals surface area contributed by atoms with Gasteiger partial charge in [0.1, 0.15) is 18.1 Å². The first kappa shape index (κ1) is 18.8. The molecule has 2 aromatic rings. The van der Waals surface area contributed by atoms with Crippen molar-refractivity contribution in [1.29, 1.82) is 0 Å². The molecule has 25 heavy (non-hydrogen) atoms. The lowest BCUT2D eigenvalue weighted by molar-refractivity contribution is -0.128. The molecule has 4 nitrogen and oxygen atoms in total. The van der Waals surface area contributed by atoms with Gasteiger partial charge in [-0.1, -0.05) is 31.2 Å². The van der Waals surface area contributed by atoms with Crippen molar-refractivity contribution in [2.24, 2.45) is 0 Å². The van der Waals surface area contributed by atoms with Crippen molar-refractivity contribution in [1.82, 2.24) is 5.32 Å². The lowest BCUT2D eigenvalue weighted by Gasteiger charge is -2.19. The van der Waals surface area contributed by atoms with Crippen LogP contribution in [-0.2, 0) is 4.79 Å². The zero-order valence-corrected chi connectivity index (χ0v) is 15.5. The highest BCUT2D eigenvalue weighted by Gasteiger charge is 2.19. The summed E-state index contributed by atoms with van der Waals surface area (Å²) in [4.78, 5) is 12.3. The molecule has 0 spiro atoms. The van der Waals surface area contributed by atoms with Gasteiger partial charge in [-0.25, -0.2) is 0 Å². The third-order valence-electron chi connectivity index (χ3n) is 4.15. The molecule has 2 aromatic carbocycles. The fraction of sp³-hybridized carbons (Fsp3) is 0.381. The van der Waals surface area contributed by atoms with Crippen LogP contribution in [0.25, 0.3) is 0 Å². The van der Waals surface area contributed by atoms with E-state index in [-0.39, 0.29) is 5.91 Å². The van der Waals surface area contributed by atoms with E-state index < -0.39 is 6.10 Å². The van der Waals surface area contributed by atoms with Crippen LogP contribution >= 0.6 is 0 Å². The smallest absolute Gasteiger partial charge is 0.261 e. The van der Waals surface area contributed by atoms with Crippen molar-refractivity contribution in [3.05, 3.63) is 59.2 Å². The minimum atomic E-state index is -0.500. The summed E-state index contributed by atoms with van der Waals surface area (Å²) in [5.41, 5.74) is 3.37. The summed E-state index contributed by atoms with van der Waals surface area (Å²) in [7, 11) is 0. The third-order valence-corrected chi connectivity index (χ3v) is 4.15. The van der Waals surface area contributed by atoms with Crippen molar-refractivity contribution in [2.75, 3.05) is 13.2 Å². The van der Waals surface area contributed by atoms with Crippen LogP contribution < -0.4 is 14.8 Å². The van der Waals surface area contributed by atoms with Gasteiger partial charge >= 0.3 is 0 Å². The monoisotopic (exact) mass is 341 g/mol. The topological polar surface area (TPSA) is 47.6 Å². The second-order valence-corrected chi connectivity index (χ2v) is 6.17. The summed E-state index contributed by atoms with van der Waals surface area (Å²) < 4.78 is 11.6. The molecule has 0 heterocycles. The van der Waals surface area contributed by atoms with Crippen LogP contribution in [0.5, 0.6) is 11.5 Å². The Morgan fingerprint density at radius 3 is 2.60 bits per heavy atom.